The number of rotatable bonds is 8. The van der Waals surface area contributed by atoms with E-state index < -0.39 is 0 Å². The quantitative estimate of drug-likeness (QED) is 0.791. The van der Waals surface area contributed by atoms with E-state index in [4.69, 9.17) is 4.74 Å². The van der Waals surface area contributed by atoms with Gasteiger partial charge in [0, 0.05) is 18.6 Å². The molecule has 1 N–H and O–H groups in total. The van der Waals surface area contributed by atoms with Gasteiger partial charge in [0.1, 0.15) is 5.75 Å². The van der Waals surface area contributed by atoms with Crippen LogP contribution in [0.1, 0.15) is 26.3 Å². The third-order valence-corrected chi connectivity index (χ3v) is 3.58. The zero-order valence-corrected chi connectivity index (χ0v) is 13.8. The molecule has 1 aromatic rings. The number of methoxy groups -OCH3 is 1. The van der Waals surface area contributed by atoms with Gasteiger partial charge in [-0.2, -0.15) is 0 Å². The number of hydrogen-bond acceptors (Lipinski definition) is 3. The minimum Gasteiger partial charge on any atom is -0.496 e. The Morgan fingerprint density at radius 3 is 2.35 bits per heavy atom. The Bertz CT molecular complexity index is 390. The van der Waals surface area contributed by atoms with Gasteiger partial charge in [0.05, 0.1) is 7.11 Å². The predicted molar refractivity (Wildman–Crippen MR) is 86.5 cm³/mol. The average Bonchev–Trinajstić information content (AvgIpc) is 2.37. The van der Waals surface area contributed by atoms with Crippen LogP contribution in [0.15, 0.2) is 24.3 Å². The molecule has 114 valence electrons. The first-order valence-electron chi connectivity index (χ1n) is 7.46. The summed E-state index contributed by atoms with van der Waals surface area (Å²) < 4.78 is 5.43. The van der Waals surface area contributed by atoms with Gasteiger partial charge in [0.2, 0.25) is 0 Å². The Morgan fingerprint density at radius 1 is 1.15 bits per heavy atom. The van der Waals surface area contributed by atoms with Crippen LogP contribution >= 0.6 is 0 Å². The van der Waals surface area contributed by atoms with E-state index in [2.05, 4.69) is 57.2 Å². The molecule has 0 aromatic heterocycles. The fraction of sp³-hybridized carbons (Fsp3) is 0.647. The highest BCUT2D eigenvalue weighted by molar-refractivity contribution is 5.33. The lowest BCUT2D eigenvalue weighted by atomic mass is 10.0. The second-order valence-corrected chi connectivity index (χ2v) is 6.20. The summed E-state index contributed by atoms with van der Waals surface area (Å²) in [7, 11) is 5.99. The van der Waals surface area contributed by atoms with Gasteiger partial charge < -0.3 is 15.0 Å². The number of nitrogens with one attached hydrogen (secondary N) is 1. The topological polar surface area (TPSA) is 24.5 Å². The van der Waals surface area contributed by atoms with Gasteiger partial charge in [-0.15, -0.1) is 0 Å². The second kappa shape index (κ2) is 8.28. The summed E-state index contributed by atoms with van der Waals surface area (Å²) in [6.45, 7) is 7.86. The third kappa shape index (κ3) is 5.51. The van der Waals surface area contributed by atoms with Gasteiger partial charge >= 0.3 is 0 Å². The molecule has 0 radical (unpaired) electrons. The lowest BCUT2D eigenvalue weighted by Crippen LogP contribution is -2.46. The van der Waals surface area contributed by atoms with Crippen molar-refractivity contribution < 1.29 is 4.74 Å². The molecule has 3 heteroatoms. The monoisotopic (exact) mass is 278 g/mol. The minimum atomic E-state index is 0.429. The molecule has 0 fully saturated rings. The van der Waals surface area contributed by atoms with Gasteiger partial charge in [-0.1, -0.05) is 32.0 Å². The zero-order chi connectivity index (χ0) is 15.1. The van der Waals surface area contributed by atoms with Crippen LogP contribution in [0.3, 0.4) is 0 Å². The van der Waals surface area contributed by atoms with Crippen molar-refractivity contribution in [2.45, 2.75) is 39.3 Å². The Labute approximate surface area is 124 Å². The summed E-state index contributed by atoms with van der Waals surface area (Å²) in [5.41, 5.74) is 1.27. The predicted octanol–water partition coefficient (Wildman–Crippen LogP) is 2.80. The summed E-state index contributed by atoms with van der Waals surface area (Å²) in [6, 6.07) is 9.21. The van der Waals surface area contributed by atoms with E-state index in [0.717, 1.165) is 18.7 Å². The maximum atomic E-state index is 5.43. The van der Waals surface area contributed by atoms with Crippen LogP contribution < -0.4 is 10.1 Å². The summed E-state index contributed by atoms with van der Waals surface area (Å²) in [5.74, 6) is 1.60. The highest BCUT2D eigenvalue weighted by atomic mass is 16.5. The SMILES string of the molecule is COc1ccccc1CC(C)NC(CN(C)C)C(C)C. The highest BCUT2D eigenvalue weighted by Gasteiger charge is 2.17. The smallest absolute Gasteiger partial charge is 0.122 e. The van der Waals surface area contributed by atoms with Gasteiger partial charge in [0.25, 0.3) is 0 Å². The molecule has 20 heavy (non-hydrogen) atoms. The lowest BCUT2D eigenvalue weighted by molar-refractivity contribution is 0.271. The molecule has 3 nitrogen and oxygen atoms in total. The van der Waals surface area contributed by atoms with Crippen molar-refractivity contribution >= 4 is 0 Å². The second-order valence-electron chi connectivity index (χ2n) is 6.20. The van der Waals surface area contributed by atoms with Crippen LogP contribution in [0.25, 0.3) is 0 Å². The van der Waals surface area contributed by atoms with Crippen LogP contribution in [0.4, 0.5) is 0 Å². The van der Waals surface area contributed by atoms with Crippen molar-refractivity contribution in [3.63, 3.8) is 0 Å². The lowest BCUT2D eigenvalue weighted by Gasteiger charge is -2.29. The fourth-order valence-electron chi connectivity index (χ4n) is 2.48. The molecule has 0 aliphatic heterocycles. The molecule has 0 saturated heterocycles. The number of hydrogen-bond donors (Lipinski definition) is 1. The van der Waals surface area contributed by atoms with Crippen LogP contribution in [0.2, 0.25) is 0 Å². The minimum absolute atomic E-state index is 0.429. The molecular formula is C17H30N2O. The third-order valence-electron chi connectivity index (χ3n) is 3.58. The van der Waals surface area contributed by atoms with E-state index in [1.165, 1.54) is 5.56 Å². The number of likely N-dealkylation sites (N-methyl/N-ethyl adjacent to an activating group) is 1. The first kappa shape index (κ1) is 17.0. The summed E-state index contributed by atoms with van der Waals surface area (Å²) in [6.07, 6.45) is 0.987. The van der Waals surface area contributed by atoms with E-state index in [9.17, 15) is 0 Å². The van der Waals surface area contributed by atoms with E-state index in [0.29, 0.717) is 18.0 Å². The van der Waals surface area contributed by atoms with E-state index in [1.54, 1.807) is 7.11 Å². The van der Waals surface area contributed by atoms with Crippen molar-refractivity contribution in [1.82, 2.24) is 10.2 Å². The molecule has 0 heterocycles. The number of benzene rings is 1. The zero-order valence-electron chi connectivity index (χ0n) is 13.8. The maximum Gasteiger partial charge on any atom is 0.122 e. The van der Waals surface area contributed by atoms with Crippen molar-refractivity contribution in [3.05, 3.63) is 29.8 Å². The molecule has 0 aliphatic rings. The number of ether oxygens (including phenoxy) is 1. The molecule has 1 rings (SSSR count). The van der Waals surface area contributed by atoms with Crippen molar-refractivity contribution in [2.24, 2.45) is 5.92 Å². The Hall–Kier alpha value is -1.06. The maximum absolute atomic E-state index is 5.43. The van der Waals surface area contributed by atoms with Crippen molar-refractivity contribution in [1.29, 1.82) is 0 Å². The van der Waals surface area contributed by atoms with Crippen LogP contribution in [-0.2, 0) is 6.42 Å². The van der Waals surface area contributed by atoms with Crippen LogP contribution in [0.5, 0.6) is 5.75 Å². The molecule has 0 spiro atoms. The average molecular weight is 278 g/mol. The largest absolute Gasteiger partial charge is 0.496 e. The Kier molecular flexibility index (Phi) is 7.03. The van der Waals surface area contributed by atoms with Crippen LogP contribution in [-0.4, -0.2) is 44.7 Å². The van der Waals surface area contributed by atoms with Gasteiger partial charge in [0.15, 0.2) is 0 Å². The van der Waals surface area contributed by atoms with E-state index in [-0.39, 0.29) is 0 Å². The molecule has 2 atom stereocenters. The van der Waals surface area contributed by atoms with E-state index in [1.807, 2.05) is 12.1 Å². The Morgan fingerprint density at radius 2 is 1.80 bits per heavy atom. The highest BCUT2D eigenvalue weighted by Crippen LogP contribution is 2.19. The van der Waals surface area contributed by atoms with Crippen LogP contribution in [0, 0.1) is 5.92 Å². The molecule has 1 aromatic carbocycles. The molecule has 0 aliphatic carbocycles. The standard InChI is InChI=1S/C17H30N2O/c1-13(2)16(12-19(4)5)18-14(3)11-15-9-7-8-10-17(15)20-6/h7-10,13-14,16,18H,11-12H2,1-6H3. The number of nitrogens with zero attached hydrogens (tertiary/aromatic N) is 1. The van der Waals surface area contributed by atoms with Gasteiger partial charge in [-0.05, 0) is 45.0 Å². The van der Waals surface area contributed by atoms with Crippen molar-refractivity contribution in [2.75, 3.05) is 27.7 Å². The van der Waals surface area contributed by atoms with Gasteiger partial charge in [-0.25, -0.2) is 0 Å². The first-order valence-corrected chi connectivity index (χ1v) is 7.46. The Balaban J connectivity index is 2.63. The molecule has 0 amide bonds. The summed E-state index contributed by atoms with van der Waals surface area (Å²) in [4.78, 5) is 2.24. The summed E-state index contributed by atoms with van der Waals surface area (Å²) in [5, 5.41) is 3.75. The van der Waals surface area contributed by atoms with E-state index >= 15 is 0 Å². The summed E-state index contributed by atoms with van der Waals surface area (Å²) >= 11 is 0. The molecule has 2 unspecified atom stereocenters. The molecular weight excluding hydrogens is 248 g/mol. The fourth-order valence-corrected chi connectivity index (χ4v) is 2.48. The molecule has 0 saturated carbocycles. The number of para-hydroxylation sites is 1. The molecule has 0 bridgehead atoms. The first-order chi connectivity index (χ1) is 9.43. The van der Waals surface area contributed by atoms with Crippen molar-refractivity contribution in [3.8, 4) is 5.75 Å². The normalized spacial score (nSPS) is 14.6. The van der Waals surface area contributed by atoms with Gasteiger partial charge in [-0.3, -0.25) is 0 Å².